The van der Waals surface area contributed by atoms with Gasteiger partial charge in [-0.2, -0.15) is 0 Å². The lowest BCUT2D eigenvalue weighted by Gasteiger charge is -2.11. The van der Waals surface area contributed by atoms with Crippen LogP contribution in [0.25, 0.3) is 22.4 Å². The lowest BCUT2D eigenvalue weighted by molar-refractivity contribution is -0.116. The number of pyridine rings is 1. The molecule has 4 rings (SSSR count). The van der Waals surface area contributed by atoms with Crippen molar-refractivity contribution in [3.8, 4) is 11.4 Å². The molecule has 32 heavy (non-hydrogen) atoms. The van der Waals surface area contributed by atoms with E-state index in [9.17, 15) is 14.4 Å². The van der Waals surface area contributed by atoms with E-state index in [4.69, 9.17) is 4.74 Å². The first-order chi connectivity index (χ1) is 15.6. The lowest BCUT2D eigenvalue weighted by atomic mass is 10.2. The largest absolute Gasteiger partial charge is 0.462 e. The molecule has 10 nitrogen and oxygen atoms in total. The van der Waals surface area contributed by atoms with E-state index in [1.54, 1.807) is 55.7 Å². The van der Waals surface area contributed by atoms with Crippen LogP contribution in [0.3, 0.4) is 0 Å². The minimum atomic E-state index is -0.547. The SMILES string of the molecule is CCOC(=O)c1ccccc1NC(=O)Cn1cnc2nc(-c3cccnc3)ncc2c1=O. The maximum absolute atomic E-state index is 12.8. The van der Waals surface area contributed by atoms with Crippen molar-refractivity contribution in [2.75, 3.05) is 11.9 Å². The van der Waals surface area contributed by atoms with Gasteiger partial charge in [0, 0.05) is 24.2 Å². The number of carbonyl (C=O) groups is 2. The van der Waals surface area contributed by atoms with Crippen LogP contribution in [-0.4, -0.2) is 43.0 Å². The number of carbonyl (C=O) groups excluding carboxylic acids is 2. The Labute approximate surface area is 182 Å². The summed E-state index contributed by atoms with van der Waals surface area (Å²) in [7, 11) is 0. The van der Waals surface area contributed by atoms with Gasteiger partial charge in [0.2, 0.25) is 5.91 Å². The van der Waals surface area contributed by atoms with Gasteiger partial charge in [0.15, 0.2) is 11.5 Å². The fourth-order valence-electron chi connectivity index (χ4n) is 3.02. The third kappa shape index (κ3) is 4.33. The normalized spacial score (nSPS) is 10.7. The molecule has 1 aromatic carbocycles. The van der Waals surface area contributed by atoms with Crippen LogP contribution in [0, 0.1) is 0 Å². The molecule has 0 atom stereocenters. The summed E-state index contributed by atoms with van der Waals surface area (Å²) >= 11 is 0. The second kappa shape index (κ2) is 9.13. The molecule has 3 heterocycles. The van der Waals surface area contributed by atoms with Crippen molar-refractivity contribution in [1.29, 1.82) is 0 Å². The van der Waals surface area contributed by atoms with E-state index < -0.39 is 17.4 Å². The molecule has 1 amide bonds. The van der Waals surface area contributed by atoms with Gasteiger partial charge in [-0.15, -0.1) is 0 Å². The molecule has 0 saturated carbocycles. The number of ether oxygens (including phenoxy) is 1. The minimum Gasteiger partial charge on any atom is -0.462 e. The van der Waals surface area contributed by atoms with Gasteiger partial charge in [0.25, 0.3) is 5.56 Å². The molecule has 0 saturated heterocycles. The molecule has 0 aliphatic heterocycles. The fraction of sp³-hybridized carbons (Fsp3) is 0.136. The average Bonchev–Trinajstić information content (AvgIpc) is 2.82. The Morgan fingerprint density at radius 2 is 1.94 bits per heavy atom. The van der Waals surface area contributed by atoms with E-state index in [0.717, 1.165) is 4.57 Å². The van der Waals surface area contributed by atoms with Crippen LogP contribution in [0.4, 0.5) is 5.69 Å². The van der Waals surface area contributed by atoms with E-state index in [1.807, 2.05) is 0 Å². The summed E-state index contributed by atoms with van der Waals surface area (Å²) in [6.45, 7) is 1.61. The number of amides is 1. The number of nitrogens with zero attached hydrogens (tertiary/aromatic N) is 5. The number of fused-ring (bicyclic) bond motifs is 1. The molecule has 0 aliphatic rings. The van der Waals surface area contributed by atoms with Crippen molar-refractivity contribution in [2.24, 2.45) is 0 Å². The maximum Gasteiger partial charge on any atom is 0.340 e. The van der Waals surface area contributed by atoms with Crippen molar-refractivity contribution in [1.82, 2.24) is 24.5 Å². The van der Waals surface area contributed by atoms with E-state index >= 15 is 0 Å². The van der Waals surface area contributed by atoms with Crippen LogP contribution in [0.15, 0.2) is 66.1 Å². The quantitative estimate of drug-likeness (QED) is 0.460. The monoisotopic (exact) mass is 430 g/mol. The zero-order valence-electron chi connectivity index (χ0n) is 17.1. The Balaban J connectivity index is 1.56. The van der Waals surface area contributed by atoms with Crippen LogP contribution in [-0.2, 0) is 16.1 Å². The Kier molecular flexibility index (Phi) is 5.93. The molecule has 0 aliphatic carbocycles. The van der Waals surface area contributed by atoms with Crippen molar-refractivity contribution in [3.05, 3.63) is 77.2 Å². The van der Waals surface area contributed by atoms with Crippen molar-refractivity contribution in [3.63, 3.8) is 0 Å². The molecule has 10 heteroatoms. The molecule has 0 radical (unpaired) electrons. The standard InChI is InChI=1S/C22H18N6O4/c1-2-32-22(31)15-7-3-4-8-17(15)26-18(29)12-28-13-25-20-16(21(28)30)11-24-19(27-20)14-6-5-9-23-10-14/h3-11,13H,2,12H2,1H3,(H,26,29). The van der Waals surface area contributed by atoms with Crippen molar-refractivity contribution < 1.29 is 14.3 Å². The molecular formula is C22H18N6O4. The number of para-hydroxylation sites is 1. The maximum atomic E-state index is 12.8. The van der Waals surface area contributed by atoms with Gasteiger partial charge in [-0.05, 0) is 31.2 Å². The summed E-state index contributed by atoms with van der Waals surface area (Å²) in [6, 6.07) is 10.0. The molecule has 0 unspecified atom stereocenters. The zero-order valence-corrected chi connectivity index (χ0v) is 17.1. The second-order valence-corrected chi connectivity index (χ2v) is 6.66. The fourth-order valence-corrected chi connectivity index (χ4v) is 3.02. The third-order valence-corrected chi connectivity index (χ3v) is 4.51. The van der Waals surface area contributed by atoms with Gasteiger partial charge in [-0.1, -0.05) is 12.1 Å². The summed E-state index contributed by atoms with van der Waals surface area (Å²) in [5.74, 6) is -0.657. The van der Waals surface area contributed by atoms with Gasteiger partial charge in [-0.3, -0.25) is 19.1 Å². The van der Waals surface area contributed by atoms with Crippen LogP contribution in [0.5, 0.6) is 0 Å². The summed E-state index contributed by atoms with van der Waals surface area (Å²) in [5, 5.41) is 2.82. The Morgan fingerprint density at radius 1 is 1.09 bits per heavy atom. The van der Waals surface area contributed by atoms with Gasteiger partial charge in [0.1, 0.15) is 18.3 Å². The number of esters is 1. The van der Waals surface area contributed by atoms with Crippen LogP contribution in [0.2, 0.25) is 0 Å². The zero-order chi connectivity index (χ0) is 22.5. The highest BCUT2D eigenvalue weighted by Gasteiger charge is 2.15. The Morgan fingerprint density at radius 3 is 2.72 bits per heavy atom. The second-order valence-electron chi connectivity index (χ2n) is 6.66. The summed E-state index contributed by atoms with van der Waals surface area (Å²) < 4.78 is 6.15. The molecular weight excluding hydrogens is 412 g/mol. The minimum absolute atomic E-state index is 0.180. The Bertz CT molecular complexity index is 1350. The molecule has 1 N–H and O–H groups in total. The molecule has 4 aromatic rings. The van der Waals surface area contributed by atoms with Crippen LogP contribution >= 0.6 is 0 Å². The van der Waals surface area contributed by atoms with E-state index in [1.165, 1.54) is 12.5 Å². The van der Waals surface area contributed by atoms with Gasteiger partial charge < -0.3 is 10.1 Å². The number of anilines is 1. The summed E-state index contributed by atoms with van der Waals surface area (Å²) in [5.41, 5.74) is 0.972. The van der Waals surface area contributed by atoms with E-state index in [0.29, 0.717) is 17.1 Å². The molecule has 0 fully saturated rings. The first-order valence-corrected chi connectivity index (χ1v) is 9.75. The first-order valence-electron chi connectivity index (χ1n) is 9.75. The van der Waals surface area contributed by atoms with Crippen LogP contribution in [0.1, 0.15) is 17.3 Å². The van der Waals surface area contributed by atoms with Gasteiger partial charge in [-0.25, -0.2) is 19.7 Å². The predicted octanol–water partition coefficient (Wildman–Crippen LogP) is 2.06. The summed E-state index contributed by atoms with van der Waals surface area (Å²) in [4.78, 5) is 54.2. The number of hydrogen-bond donors (Lipinski definition) is 1. The molecule has 160 valence electrons. The van der Waals surface area contributed by atoms with Crippen LogP contribution < -0.4 is 10.9 Å². The van der Waals surface area contributed by atoms with Crippen molar-refractivity contribution >= 4 is 28.6 Å². The van der Waals surface area contributed by atoms with Crippen molar-refractivity contribution in [2.45, 2.75) is 13.5 Å². The average molecular weight is 430 g/mol. The number of aromatic nitrogens is 5. The number of benzene rings is 1. The topological polar surface area (TPSA) is 129 Å². The predicted molar refractivity (Wildman–Crippen MR) is 116 cm³/mol. The molecule has 0 spiro atoms. The number of nitrogens with one attached hydrogen (secondary N) is 1. The van der Waals surface area contributed by atoms with E-state index in [2.05, 4.69) is 25.3 Å². The number of hydrogen-bond acceptors (Lipinski definition) is 8. The smallest absolute Gasteiger partial charge is 0.340 e. The number of rotatable bonds is 6. The lowest BCUT2D eigenvalue weighted by Crippen LogP contribution is -2.28. The highest BCUT2D eigenvalue weighted by molar-refractivity contribution is 6.01. The highest BCUT2D eigenvalue weighted by atomic mass is 16.5. The van der Waals surface area contributed by atoms with E-state index in [-0.39, 0.29) is 29.7 Å². The molecule has 0 bridgehead atoms. The molecule has 3 aromatic heterocycles. The Hall–Kier alpha value is -4.47. The first kappa shape index (κ1) is 20.8. The van der Waals surface area contributed by atoms with Gasteiger partial charge in [0.05, 0.1) is 17.9 Å². The van der Waals surface area contributed by atoms with Gasteiger partial charge >= 0.3 is 5.97 Å². The highest BCUT2D eigenvalue weighted by Crippen LogP contribution is 2.17. The third-order valence-electron chi connectivity index (χ3n) is 4.51. The summed E-state index contributed by atoms with van der Waals surface area (Å²) in [6.07, 6.45) is 5.88.